The predicted molar refractivity (Wildman–Crippen MR) is 102 cm³/mol. The molecule has 0 spiro atoms. The summed E-state index contributed by atoms with van der Waals surface area (Å²) in [4.78, 5) is 4.46. The minimum absolute atomic E-state index is 0.104. The summed E-state index contributed by atoms with van der Waals surface area (Å²) in [6.07, 6.45) is 0.679. The molecule has 0 aliphatic carbocycles. The molecule has 25 heavy (non-hydrogen) atoms. The fraction of sp³-hybridized carbons (Fsp3) is 0.250. The molecular formula is C16H18N4O2S3. The van der Waals surface area contributed by atoms with Gasteiger partial charge in [-0.1, -0.05) is 36.4 Å². The zero-order valence-corrected chi connectivity index (χ0v) is 16.0. The van der Waals surface area contributed by atoms with Crippen LogP contribution in [0.5, 0.6) is 0 Å². The Kier molecular flexibility index (Phi) is 5.79. The SMILES string of the molecule is CC(CNS(=O)(=O)c1cccs1)Nc1nc(Cc2ccccc2)ns1. The number of anilines is 1. The summed E-state index contributed by atoms with van der Waals surface area (Å²) in [6, 6.07) is 13.2. The van der Waals surface area contributed by atoms with Crippen molar-refractivity contribution >= 4 is 38.0 Å². The average molecular weight is 395 g/mol. The van der Waals surface area contributed by atoms with Gasteiger partial charge in [0.15, 0.2) is 0 Å². The van der Waals surface area contributed by atoms with Crippen LogP contribution in [0.15, 0.2) is 52.1 Å². The van der Waals surface area contributed by atoms with E-state index in [-0.39, 0.29) is 12.6 Å². The highest BCUT2D eigenvalue weighted by molar-refractivity contribution is 7.91. The summed E-state index contributed by atoms with van der Waals surface area (Å²) in [5, 5.41) is 5.62. The Bertz CT molecular complexity index is 893. The molecule has 2 heterocycles. The lowest BCUT2D eigenvalue weighted by Crippen LogP contribution is -2.34. The monoisotopic (exact) mass is 394 g/mol. The topological polar surface area (TPSA) is 84.0 Å². The van der Waals surface area contributed by atoms with Gasteiger partial charge in [0.05, 0.1) is 0 Å². The molecule has 3 rings (SSSR count). The molecule has 0 radical (unpaired) electrons. The maximum absolute atomic E-state index is 12.1. The maximum atomic E-state index is 12.1. The van der Waals surface area contributed by atoms with Gasteiger partial charge in [-0.25, -0.2) is 18.1 Å². The molecule has 1 aromatic carbocycles. The summed E-state index contributed by atoms with van der Waals surface area (Å²) < 4.78 is 31.5. The molecule has 0 fully saturated rings. The highest BCUT2D eigenvalue weighted by atomic mass is 32.2. The fourth-order valence-corrected chi connectivity index (χ4v) is 5.01. The van der Waals surface area contributed by atoms with E-state index in [1.807, 2.05) is 37.3 Å². The Balaban J connectivity index is 1.52. The smallest absolute Gasteiger partial charge is 0.250 e. The first-order chi connectivity index (χ1) is 12.0. The van der Waals surface area contributed by atoms with Gasteiger partial charge in [0, 0.05) is 30.5 Å². The third-order valence-electron chi connectivity index (χ3n) is 3.38. The minimum Gasteiger partial charge on any atom is -0.357 e. The van der Waals surface area contributed by atoms with Crippen molar-refractivity contribution in [2.75, 3.05) is 11.9 Å². The Labute approximate surface area is 155 Å². The molecule has 132 valence electrons. The number of rotatable bonds is 8. The number of nitrogens with zero attached hydrogens (tertiary/aromatic N) is 2. The van der Waals surface area contributed by atoms with Crippen LogP contribution >= 0.6 is 22.9 Å². The predicted octanol–water partition coefficient (Wildman–Crippen LogP) is 2.97. The third-order valence-corrected chi connectivity index (χ3v) is 6.89. The first kappa shape index (κ1) is 18.0. The minimum atomic E-state index is -3.44. The summed E-state index contributed by atoms with van der Waals surface area (Å²) >= 11 is 2.48. The molecule has 3 aromatic rings. The second-order valence-electron chi connectivity index (χ2n) is 5.51. The Morgan fingerprint density at radius 2 is 1.96 bits per heavy atom. The van der Waals surface area contributed by atoms with Crippen molar-refractivity contribution in [2.45, 2.75) is 23.6 Å². The van der Waals surface area contributed by atoms with Gasteiger partial charge >= 0.3 is 0 Å². The van der Waals surface area contributed by atoms with E-state index in [1.54, 1.807) is 17.5 Å². The number of sulfonamides is 1. The second-order valence-corrected chi connectivity index (χ2v) is 9.20. The Morgan fingerprint density at radius 3 is 2.68 bits per heavy atom. The van der Waals surface area contributed by atoms with Crippen LogP contribution in [0.3, 0.4) is 0 Å². The molecule has 0 bridgehead atoms. The Hall–Kier alpha value is -1.81. The zero-order chi connectivity index (χ0) is 17.7. The van der Waals surface area contributed by atoms with Crippen LogP contribution in [0.2, 0.25) is 0 Å². The molecule has 0 saturated carbocycles. The third kappa shape index (κ3) is 5.08. The number of benzene rings is 1. The molecule has 9 heteroatoms. The van der Waals surface area contributed by atoms with Gasteiger partial charge < -0.3 is 5.32 Å². The zero-order valence-electron chi connectivity index (χ0n) is 13.5. The molecule has 0 aliphatic heterocycles. The lowest BCUT2D eigenvalue weighted by atomic mass is 10.1. The van der Waals surface area contributed by atoms with Crippen molar-refractivity contribution in [3.63, 3.8) is 0 Å². The van der Waals surface area contributed by atoms with Crippen LogP contribution in [0.25, 0.3) is 0 Å². The standard InChI is InChI=1S/C16H18N4O2S3/c1-12(11-17-25(21,22)15-8-5-9-23-15)18-16-19-14(20-24-16)10-13-6-3-2-4-7-13/h2-9,12,17H,10-11H2,1H3,(H,18,19,20). The van der Waals surface area contributed by atoms with Gasteiger partial charge in [-0.2, -0.15) is 4.37 Å². The van der Waals surface area contributed by atoms with E-state index >= 15 is 0 Å². The van der Waals surface area contributed by atoms with Gasteiger partial charge in [0.2, 0.25) is 15.2 Å². The van der Waals surface area contributed by atoms with Crippen LogP contribution in [0, 0.1) is 0 Å². The number of nitrogens with one attached hydrogen (secondary N) is 2. The van der Waals surface area contributed by atoms with E-state index in [1.165, 1.54) is 22.9 Å². The van der Waals surface area contributed by atoms with Crippen molar-refractivity contribution in [3.8, 4) is 0 Å². The molecule has 2 aromatic heterocycles. The quantitative estimate of drug-likeness (QED) is 0.614. The largest absolute Gasteiger partial charge is 0.357 e. The van der Waals surface area contributed by atoms with Crippen molar-refractivity contribution in [1.82, 2.24) is 14.1 Å². The van der Waals surface area contributed by atoms with Crippen molar-refractivity contribution in [2.24, 2.45) is 0 Å². The molecule has 1 atom stereocenters. The number of hydrogen-bond acceptors (Lipinski definition) is 7. The van der Waals surface area contributed by atoms with Crippen molar-refractivity contribution in [3.05, 3.63) is 59.2 Å². The summed E-state index contributed by atoms with van der Waals surface area (Å²) in [5.74, 6) is 0.755. The highest BCUT2D eigenvalue weighted by Gasteiger charge is 2.16. The number of aromatic nitrogens is 2. The molecule has 2 N–H and O–H groups in total. The van der Waals surface area contributed by atoms with Crippen molar-refractivity contribution < 1.29 is 8.42 Å². The van der Waals surface area contributed by atoms with Crippen LogP contribution in [0.1, 0.15) is 18.3 Å². The first-order valence-electron chi connectivity index (χ1n) is 7.69. The summed E-state index contributed by atoms with van der Waals surface area (Å²) in [6.45, 7) is 2.17. The highest BCUT2D eigenvalue weighted by Crippen LogP contribution is 2.17. The normalized spacial score (nSPS) is 12.8. The van der Waals surface area contributed by atoms with Gasteiger partial charge in [0.25, 0.3) is 0 Å². The Morgan fingerprint density at radius 1 is 1.16 bits per heavy atom. The molecule has 0 saturated heterocycles. The lowest BCUT2D eigenvalue weighted by Gasteiger charge is -2.13. The van der Waals surface area contributed by atoms with Gasteiger partial charge in [0.1, 0.15) is 10.0 Å². The van der Waals surface area contributed by atoms with Crippen LogP contribution < -0.4 is 10.0 Å². The molecule has 0 amide bonds. The molecule has 0 aliphatic rings. The first-order valence-corrected chi connectivity index (χ1v) is 10.8. The maximum Gasteiger partial charge on any atom is 0.250 e. The second kappa shape index (κ2) is 8.05. The lowest BCUT2D eigenvalue weighted by molar-refractivity contribution is 0.579. The van der Waals surface area contributed by atoms with Crippen LogP contribution in [-0.4, -0.2) is 30.4 Å². The fourth-order valence-electron chi connectivity index (χ4n) is 2.15. The van der Waals surface area contributed by atoms with Gasteiger partial charge in [-0.05, 0) is 23.9 Å². The molecule has 1 unspecified atom stereocenters. The summed E-state index contributed by atoms with van der Waals surface area (Å²) in [5.41, 5.74) is 1.16. The van der Waals surface area contributed by atoms with E-state index in [0.717, 1.165) is 11.4 Å². The van der Waals surface area contributed by atoms with E-state index in [0.29, 0.717) is 15.8 Å². The molecule has 6 nitrogen and oxygen atoms in total. The number of hydrogen-bond donors (Lipinski definition) is 2. The summed E-state index contributed by atoms with van der Waals surface area (Å²) in [7, 11) is -3.44. The van der Waals surface area contributed by atoms with E-state index in [9.17, 15) is 8.42 Å². The van der Waals surface area contributed by atoms with Crippen LogP contribution in [0.4, 0.5) is 5.13 Å². The van der Waals surface area contributed by atoms with Gasteiger partial charge in [-0.3, -0.25) is 0 Å². The average Bonchev–Trinajstić information content (AvgIpc) is 3.27. The van der Waals surface area contributed by atoms with E-state index in [2.05, 4.69) is 19.4 Å². The van der Waals surface area contributed by atoms with E-state index in [4.69, 9.17) is 0 Å². The molecular weight excluding hydrogens is 376 g/mol. The number of thiophene rings is 1. The van der Waals surface area contributed by atoms with Crippen LogP contribution in [-0.2, 0) is 16.4 Å². The van der Waals surface area contributed by atoms with Crippen molar-refractivity contribution in [1.29, 1.82) is 0 Å². The van der Waals surface area contributed by atoms with E-state index < -0.39 is 10.0 Å². The van der Waals surface area contributed by atoms with Gasteiger partial charge in [-0.15, -0.1) is 11.3 Å².